The Morgan fingerprint density at radius 2 is 1.68 bits per heavy atom. The van der Waals surface area contributed by atoms with Gasteiger partial charge < -0.3 is 34.4 Å². The molecule has 1 atom stereocenters. The first-order chi connectivity index (χ1) is 18.4. The molecule has 2 N–H and O–H groups in total. The number of amides is 1. The number of rotatable bonds is 8. The Morgan fingerprint density at radius 1 is 1.03 bits per heavy atom. The highest BCUT2D eigenvalue weighted by molar-refractivity contribution is 6.26. The monoisotopic (exact) mass is 525 g/mol. The van der Waals surface area contributed by atoms with Gasteiger partial charge in [0.15, 0.2) is 5.97 Å². The van der Waals surface area contributed by atoms with Crippen LogP contribution >= 0.6 is 0 Å². The van der Waals surface area contributed by atoms with Gasteiger partial charge >= 0.3 is 5.97 Å². The van der Waals surface area contributed by atoms with Gasteiger partial charge in [-0.25, -0.2) is 4.79 Å². The van der Waals surface area contributed by atoms with Gasteiger partial charge in [-0.05, 0) is 49.8 Å². The van der Waals surface area contributed by atoms with Crippen LogP contribution in [0.25, 0.3) is 0 Å². The fraction of sp³-hybridized carbons (Fsp3) is 0.483. The molecule has 0 saturated carbocycles. The summed E-state index contributed by atoms with van der Waals surface area (Å²) in [5.74, 6) is -2.09. The van der Waals surface area contributed by atoms with Crippen LogP contribution in [0.5, 0.6) is 5.75 Å². The highest BCUT2D eigenvalue weighted by Gasteiger charge is 2.26. The van der Waals surface area contributed by atoms with Gasteiger partial charge in [-0.3, -0.25) is 4.79 Å². The molecule has 2 aliphatic heterocycles. The molecule has 1 amide bonds. The number of carbonyl (C=O) groups is 3. The van der Waals surface area contributed by atoms with Gasteiger partial charge in [0.25, 0.3) is 0 Å². The number of piperazine rings is 1. The van der Waals surface area contributed by atoms with Crippen molar-refractivity contribution in [3.8, 4) is 5.75 Å². The summed E-state index contributed by atoms with van der Waals surface area (Å²) in [6.07, 6.45) is 4.12. The van der Waals surface area contributed by atoms with E-state index in [1.807, 2.05) is 13.0 Å². The van der Waals surface area contributed by atoms with Crippen molar-refractivity contribution >= 4 is 23.5 Å². The van der Waals surface area contributed by atoms with Gasteiger partial charge in [-0.1, -0.05) is 42.5 Å². The Kier molecular flexibility index (Phi) is 11.4. The minimum Gasteiger partial charge on any atom is -0.539 e. The second-order valence-corrected chi connectivity index (χ2v) is 9.77. The molecule has 9 nitrogen and oxygen atoms in total. The van der Waals surface area contributed by atoms with Crippen molar-refractivity contribution in [2.45, 2.75) is 32.6 Å². The molecule has 0 radical (unpaired) electrons. The Balaban J connectivity index is 0.000000599. The molecule has 2 fully saturated rings. The predicted molar refractivity (Wildman–Crippen MR) is 142 cm³/mol. The van der Waals surface area contributed by atoms with E-state index in [-0.39, 0.29) is 0 Å². The number of carboxylic acids is 2. The van der Waals surface area contributed by atoms with Crippen molar-refractivity contribution in [1.29, 1.82) is 0 Å². The fourth-order valence-corrected chi connectivity index (χ4v) is 5.16. The summed E-state index contributed by atoms with van der Waals surface area (Å²) in [5.41, 5.74) is 2.59. The molecule has 2 saturated heterocycles. The molecule has 9 heteroatoms. The van der Waals surface area contributed by atoms with E-state index in [0.717, 1.165) is 64.4 Å². The van der Waals surface area contributed by atoms with Crippen LogP contribution in [0.2, 0.25) is 0 Å². The van der Waals surface area contributed by atoms with Crippen LogP contribution < -0.4 is 19.6 Å². The van der Waals surface area contributed by atoms with E-state index in [0.29, 0.717) is 24.9 Å². The number of carboxylic acid groups (broad SMARTS) is 2. The number of nitrogens with one attached hydrogen (secondary N) is 1. The minimum absolute atomic E-state index is 0.347. The lowest BCUT2D eigenvalue weighted by Crippen LogP contribution is -3.15. The van der Waals surface area contributed by atoms with E-state index in [1.165, 1.54) is 17.7 Å². The Morgan fingerprint density at radius 3 is 2.34 bits per heavy atom. The second-order valence-electron chi connectivity index (χ2n) is 9.77. The molecular weight excluding hydrogens is 486 g/mol. The molecule has 2 aromatic carbocycles. The third-order valence-electron chi connectivity index (χ3n) is 7.08. The molecule has 206 valence electrons. The number of anilines is 1. The van der Waals surface area contributed by atoms with Crippen LogP contribution in [0.3, 0.4) is 0 Å². The third-order valence-corrected chi connectivity index (χ3v) is 7.08. The SMILES string of the molecule is CCOc1ccccc1N1CC[NH+](CCC(=O)N2CCCC(Cc3ccccc3)C2)CC1.O=C([O-])C(=O)O. The molecule has 38 heavy (non-hydrogen) atoms. The number of aliphatic carboxylic acids is 2. The number of nitrogens with zero attached hydrogens (tertiary/aromatic N) is 2. The predicted octanol–water partition coefficient (Wildman–Crippen LogP) is 0.483. The molecule has 2 aliphatic rings. The molecule has 0 bridgehead atoms. The van der Waals surface area contributed by atoms with Crippen LogP contribution in [0.4, 0.5) is 5.69 Å². The maximum atomic E-state index is 12.9. The van der Waals surface area contributed by atoms with E-state index < -0.39 is 11.9 Å². The number of ether oxygens (including phenoxy) is 1. The maximum absolute atomic E-state index is 12.9. The van der Waals surface area contributed by atoms with E-state index in [1.54, 1.807) is 4.90 Å². The van der Waals surface area contributed by atoms with Gasteiger partial charge in [0.2, 0.25) is 5.91 Å². The summed E-state index contributed by atoms with van der Waals surface area (Å²) in [7, 11) is 0. The standard InChI is InChI=1S/C27H37N3O2.C2H2O4/c1-2-32-26-13-7-6-12-25(26)29-19-17-28(18-20-29)16-14-27(31)30-15-8-11-24(22-30)21-23-9-4-3-5-10-23;3-1(4)2(5)6/h3-7,9-10,12-13,24H,2,8,11,14-22H2,1H3;(H,3,4)(H,5,6). The first-order valence-corrected chi connectivity index (χ1v) is 13.4. The van der Waals surface area contributed by atoms with Gasteiger partial charge in [0.05, 0.1) is 51.4 Å². The average Bonchev–Trinajstić information content (AvgIpc) is 2.93. The molecule has 2 heterocycles. The molecular formula is C29H39N3O6. The van der Waals surface area contributed by atoms with Crippen molar-refractivity contribution in [1.82, 2.24) is 4.90 Å². The van der Waals surface area contributed by atoms with Crippen LogP contribution in [-0.2, 0) is 20.8 Å². The highest BCUT2D eigenvalue weighted by atomic mass is 16.5. The Labute approximate surface area is 224 Å². The molecule has 2 aromatic rings. The number of likely N-dealkylation sites (tertiary alicyclic amines) is 1. The van der Waals surface area contributed by atoms with Crippen molar-refractivity contribution in [3.05, 3.63) is 60.2 Å². The summed E-state index contributed by atoms with van der Waals surface area (Å²) < 4.78 is 5.81. The summed E-state index contributed by atoms with van der Waals surface area (Å²) in [5, 5.41) is 16.3. The molecule has 0 spiro atoms. The third kappa shape index (κ3) is 9.06. The van der Waals surface area contributed by atoms with Crippen LogP contribution in [0.1, 0.15) is 31.7 Å². The van der Waals surface area contributed by atoms with Crippen LogP contribution in [-0.4, -0.2) is 80.3 Å². The Hall–Kier alpha value is -3.59. The van der Waals surface area contributed by atoms with E-state index in [4.69, 9.17) is 24.5 Å². The highest BCUT2D eigenvalue weighted by Crippen LogP contribution is 2.28. The lowest BCUT2D eigenvalue weighted by Gasteiger charge is -2.35. The largest absolute Gasteiger partial charge is 0.539 e. The van der Waals surface area contributed by atoms with Crippen molar-refractivity contribution in [2.75, 3.05) is 57.3 Å². The number of hydrogen-bond acceptors (Lipinski definition) is 6. The van der Waals surface area contributed by atoms with Gasteiger partial charge in [0, 0.05) is 13.1 Å². The molecule has 0 aliphatic carbocycles. The zero-order chi connectivity index (χ0) is 27.3. The van der Waals surface area contributed by atoms with Crippen molar-refractivity contribution in [3.63, 3.8) is 0 Å². The number of para-hydroxylation sites is 2. The van der Waals surface area contributed by atoms with Crippen LogP contribution in [0, 0.1) is 5.92 Å². The first-order valence-electron chi connectivity index (χ1n) is 13.4. The van der Waals surface area contributed by atoms with Gasteiger partial charge in [-0.2, -0.15) is 0 Å². The molecule has 0 aromatic heterocycles. The van der Waals surface area contributed by atoms with Gasteiger partial charge in [-0.15, -0.1) is 0 Å². The fourth-order valence-electron chi connectivity index (χ4n) is 5.16. The second kappa shape index (κ2) is 15.0. The van der Waals surface area contributed by atoms with E-state index >= 15 is 0 Å². The summed E-state index contributed by atoms with van der Waals surface area (Å²) in [6, 6.07) is 19.0. The van der Waals surface area contributed by atoms with E-state index in [9.17, 15) is 4.79 Å². The average molecular weight is 526 g/mol. The number of carbonyl (C=O) groups excluding carboxylic acids is 2. The van der Waals surface area contributed by atoms with Crippen LogP contribution in [0.15, 0.2) is 54.6 Å². The van der Waals surface area contributed by atoms with E-state index in [2.05, 4.69) is 58.3 Å². The zero-order valence-corrected chi connectivity index (χ0v) is 22.1. The lowest BCUT2D eigenvalue weighted by atomic mass is 9.91. The van der Waals surface area contributed by atoms with Crippen molar-refractivity contribution < 1.29 is 34.2 Å². The maximum Gasteiger partial charge on any atom is 0.351 e. The first kappa shape index (κ1) is 29.0. The normalized spacial score (nSPS) is 17.8. The molecule has 4 rings (SSSR count). The smallest absolute Gasteiger partial charge is 0.351 e. The lowest BCUT2D eigenvalue weighted by molar-refractivity contribution is -0.900. The summed E-state index contributed by atoms with van der Waals surface area (Å²) in [6.45, 7) is 9.68. The van der Waals surface area contributed by atoms with Crippen molar-refractivity contribution in [2.24, 2.45) is 5.92 Å². The number of piperidine rings is 1. The number of hydrogen-bond donors (Lipinski definition) is 2. The Bertz CT molecular complexity index is 1030. The summed E-state index contributed by atoms with van der Waals surface area (Å²) >= 11 is 0. The summed E-state index contributed by atoms with van der Waals surface area (Å²) in [4.78, 5) is 37.1. The zero-order valence-electron chi connectivity index (χ0n) is 22.1. The number of benzene rings is 2. The quantitative estimate of drug-likeness (QED) is 0.482. The van der Waals surface area contributed by atoms with Gasteiger partial charge in [0.1, 0.15) is 5.75 Å². The topological polar surface area (TPSA) is 115 Å². The minimum atomic E-state index is -2.07. The number of quaternary nitrogens is 1. The molecule has 1 unspecified atom stereocenters.